The number of anilines is 1. The summed E-state index contributed by atoms with van der Waals surface area (Å²) < 4.78 is 10.7. The fourth-order valence-corrected chi connectivity index (χ4v) is 2.61. The Morgan fingerprint density at radius 3 is 3.05 bits per heavy atom. The SMILES string of the molecule is COCCc1ccccc1NC(C)CC1COCCN1. The van der Waals surface area contributed by atoms with Crippen LogP contribution in [0.4, 0.5) is 5.69 Å². The lowest BCUT2D eigenvalue weighted by Gasteiger charge is -2.27. The van der Waals surface area contributed by atoms with Crippen LogP contribution in [0.3, 0.4) is 0 Å². The first-order chi connectivity index (χ1) is 9.79. The molecule has 2 atom stereocenters. The van der Waals surface area contributed by atoms with Crippen LogP contribution >= 0.6 is 0 Å². The lowest BCUT2D eigenvalue weighted by atomic mass is 10.1. The topological polar surface area (TPSA) is 42.5 Å². The van der Waals surface area contributed by atoms with Crippen LogP contribution in [-0.2, 0) is 15.9 Å². The van der Waals surface area contributed by atoms with Gasteiger partial charge in [0, 0.05) is 31.4 Å². The Kier molecular flexibility index (Phi) is 6.30. The minimum atomic E-state index is 0.415. The zero-order valence-electron chi connectivity index (χ0n) is 12.5. The molecule has 4 nitrogen and oxygen atoms in total. The average Bonchev–Trinajstić information content (AvgIpc) is 2.47. The van der Waals surface area contributed by atoms with Gasteiger partial charge < -0.3 is 20.1 Å². The Morgan fingerprint density at radius 2 is 2.30 bits per heavy atom. The summed E-state index contributed by atoms with van der Waals surface area (Å²) in [7, 11) is 1.74. The number of benzene rings is 1. The number of nitrogens with one attached hydrogen (secondary N) is 2. The van der Waals surface area contributed by atoms with Crippen molar-refractivity contribution < 1.29 is 9.47 Å². The summed E-state index contributed by atoms with van der Waals surface area (Å²) in [6.07, 6.45) is 2.01. The summed E-state index contributed by atoms with van der Waals surface area (Å²) >= 11 is 0. The lowest BCUT2D eigenvalue weighted by Crippen LogP contribution is -2.43. The first-order valence-corrected chi connectivity index (χ1v) is 7.44. The molecule has 1 saturated heterocycles. The van der Waals surface area contributed by atoms with Crippen molar-refractivity contribution in [3.05, 3.63) is 29.8 Å². The summed E-state index contributed by atoms with van der Waals surface area (Å²) in [5, 5.41) is 7.12. The van der Waals surface area contributed by atoms with E-state index in [0.29, 0.717) is 12.1 Å². The molecule has 0 spiro atoms. The molecule has 0 amide bonds. The van der Waals surface area contributed by atoms with Gasteiger partial charge in [0.15, 0.2) is 0 Å². The molecular formula is C16H26N2O2. The van der Waals surface area contributed by atoms with Gasteiger partial charge in [-0.15, -0.1) is 0 Å². The molecule has 2 N–H and O–H groups in total. The highest BCUT2D eigenvalue weighted by Gasteiger charge is 2.16. The highest BCUT2D eigenvalue weighted by Crippen LogP contribution is 2.18. The second-order valence-electron chi connectivity index (χ2n) is 5.41. The second-order valence-corrected chi connectivity index (χ2v) is 5.41. The van der Waals surface area contributed by atoms with Crippen molar-refractivity contribution in [3.63, 3.8) is 0 Å². The van der Waals surface area contributed by atoms with Crippen molar-refractivity contribution in [2.75, 3.05) is 38.8 Å². The van der Waals surface area contributed by atoms with Crippen LogP contribution in [-0.4, -0.2) is 45.6 Å². The van der Waals surface area contributed by atoms with Crippen LogP contribution in [0.1, 0.15) is 18.9 Å². The average molecular weight is 278 g/mol. The molecule has 0 aromatic heterocycles. The number of ether oxygens (including phenoxy) is 2. The van der Waals surface area contributed by atoms with Gasteiger partial charge in [-0.3, -0.25) is 0 Å². The van der Waals surface area contributed by atoms with E-state index in [2.05, 4.69) is 41.8 Å². The molecule has 2 rings (SSSR count). The van der Waals surface area contributed by atoms with Gasteiger partial charge in [0.1, 0.15) is 0 Å². The molecule has 2 unspecified atom stereocenters. The number of morpholine rings is 1. The highest BCUT2D eigenvalue weighted by atomic mass is 16.5. The van der Waals surface area contributed by atoms with Crippen LogP contribution in [0.5, 0.6) is 0 Å². The minimum Gasteiger partial charge on any atom is -0.384 e. The van der Waals surface area contributed by atoms with Crippen LogP contribution in [0.15, 0.2) is 24.3 Å². The molecule has 0 radical (unpaired) electrons. The van der Waals surface area contributed by atoms with Gasteiger partial charge in [-0.2, -0.15) is 0 Å². The number of hydrogen-bond acceptors (Lipinski definition) is 4. The number of hydrogen-bond donors (Lipinski definition) is 2. The zero-order chi connectivity index (χ0) is 14.2. The molecule has 1 fully saturated rings. The van der Waals surface area contributed by atoms with Crippen molar-refractivity contribution in [1.82, 2.24) is 5.32 Å². The van der Waals surface area contributed by atoms with Gasteiger partial charge in [-0.05, 0) is 31.4 Å². The molecule has 1 aromatic carbocycles. The van der Waals surface area contributed by atoms with E-state index in [-0.39, 0.29) is 0 Å². The van der Waals surface area contributed by atoms with Crippen molar-refractivity contribution in [2.24, 2.45) is 0 Å². The highest BCUT2D eigenvalue weighted by molar-refractivity contribution is 5.51. The summed E-state index contributed by atoms with van der Waals surface area (Å²) in [5.41, 5.74) is 2.53. The molecule has 1 heterocycles. The number of rotatable bonds is 7. The van der Waals surface area contributed by atoms with E-state index in [4.69, 9.17) is 9.47 Å². The Labute approximate surface area is 121 Å². The Balaban J connectivity index is 1.87. The van der Waals surface area contributed by atoms with Crippen LogP contribution in [0.25, 0.3) is 0 Å². The molecular weight excluding hydrogens is 252 g/mol. The fourth-order valence-electron chi connectivity index (χ4n) is 2.61. The summed E-state index contributed by atoms with van der Waals surface area (Å²) in [4.78, 5) is 0. The molecule has 0 aliphatic carbocycles. The maximum absolute atomic E-state index is 5.50. The summed E-state index contributed by atoms with van der Waals surface area (Å²) in [6.45, 7) is 5.59. The molecule has 1 aliphatic heterocycles. The molecule has 4 heteroatoms. The largest absolute Gasteiger partial charge is 0.384 e. The quantitative estimate of drug-likeness (QED) is 0.801. The maximum atomic E-state index is 5.50. The molecule has 0 saturated carbocycles. The van der Waals surface area contributed by atoms with Crippen LogP contribution in [0.2, 0.25) is 0 Å². The maximum Gasteiger partial charge on any atom is 0.0621 e. The Hall–Kier alpha value is -1.10. The van der Waals surface area contributed by atoms with Gasteiger partial charge in [0.25, 0.3) is 0 Å². The number of para-hydroxylation sites is 1. The lowest BCUT2D eigenvalue weighted by molar-refractivity contribution is 0.0731. The Bertz CT molecular complexity index is 392. The van der Waals surface area contributed by atoms with E-state index >= 15 is 0 Å². The van der Waals surface area contributed by atoms with Crippen molar-refractivity contribution in [1.29, 1.82) is 0 Å². The molecule has 1 aromatic rings. The van der Waals surface area contributed by atoms with E-state index in [9.17, 15) is 0 Å². The molecule has 112 valence electrons. The van der Waals surface area contributed by atoms with Gasteiger partial charge in [-0.1, -0.05) is 18.2 Å². The van der Waals surface area contributed by atoms with E-state index in [1.165, 1.54) is 11.3 Å². The first kappa shape index (κ1) is 15.3. The third-order valence-corrected chi connectivity index (χ3v) is 3.63. The van der Waals surface area contributed by atoms with E-state index in [0.717, 1.165) is 39.2 Å². The number of methoxy groups -OCH3 is 1. The van der Waals surface area contributed by atoms with Gasteiger partial charge >= 0.3 is 0 Å². The van der Waals surface area contributed by atoms with E-state index in [1.807, 2.05) is 0 Å². The van der Waals surface area contributed by atoms with E-state index < -0.39 is 0 Å². The minimum absolute atomic E-state index is 0.415. The predicted molar refractivity (Wildman–Crippen MR) is 82.3 cm³/mol. The fraction of sp³-hybridized carbons (Fsp3) is 0.625. The molecule has 1 aliphatic rings. The smallest absolute Gasteiger partial charge is 0.0621 e. The summed E-state index contributed by atoms with van der Waals surface area (Å²) in [6, 6.07) is 9.34. The first-order valence-electron chi connectivity index (χ1n) is 7.44. The third-order valence-electron chi connectivity index (χ3n) is 3.63. The van der Waals surface area contributed by atoms with E-state index in [1.54, 1.807) is 7.11 Å². The van der Waals surface area contributed by atoms with Crippen molar-refractivity contribution >= 4 is 5.69 Å². The standard InChI is InChI=1S/C16H26N2O2/c1-13(11-15-12-20-10-8-17-15)18-16-6-4-3-5-14(16)7-9-19-2/h3-6,13,15,17-18H,7-12H2,1-2H3. The van der Waals surface area contributed by atoms with Crippen molar-refractivity contribution in [2.45, 2.75) is 31.8 Å². The van der Waals surface area contributed by atoms with Gasteiger partial charge in [0.2, 0.25) is 0 Å². The zero-order valence-corrected chi connectivity index (χ0v) is 12.5. The molecule has 20 heavy (non-hydrogen) atoms. The van der Waals surface area contributed by atoms with Gasteiger partial charge in [-0.25, -0.2) is 0 Å². The monoisotopic (exact) mass is 278 g/mol. The van der Waals surface area contributed by atoms with Crippen molar-refractivity contribution in [3.8, 4) is 0 Å². The predicted octanol–water partition coefficient (Wildman–Crippen LogP) is 2.05. The third kappa shape index (κ3) is 4.78. The Morgan fingerprint density at radius 1 is 1.45 bits per heavy atom. The second kappa shape index (κ2) is 8.25. The van der Waals surface area contributed by atoms with Crippen LogP contribution in [0, 0.1) is 0 Å². The van der Waals surface area contributed by atoms with Gasteiger partial charge in [0.05, 0.1) is 19.8 Å². The summed E-state index contributed by atoms with van der Waals surface area (Å²) in [5.74, 6) is 0. The van der Waals surface area contributed by atoms with Crippen LogP contribution < -0.4 is 10.6 Å². The normalized spacial score (nSPS) is 20.6. The molecule has 0 bridgehead atoms.